The summed E-state index contributed by atoms with van der Waals surface area (Å²) < 4.78 is 2.61. The van der Waals surface area contributed by atoms with Crippen LogP contribution in [0.3, 0.4) is 0 Å². The van der Waals surface area contributed by atoms with Crippen LogP contribution >= 0.6 is 47.0 Å². The molecule has 0 saturated carbocycles. The van der Waals surface area contributed by atoms with E-state index in [0.717, 1.165) is 21.5 Å². The molecular formula is C42H24N4S4. The van der Waals surface area contributed by atoms with Crippen molar-refractivity contribution in [1.82, 2.24) is 19.9 Å². The zero-order valence-electron chi connectivity index (χ0n) is 26.3. The number of pyridine rings is 4. The van der Waals surface area contributed by atoms with Crippen LogP contribution in [0.4, 0.5) is 0 Å². The molecule has 2 aliphatic heterocycles. The van der Waals surface area contributed by atoms with Gasteiger partial charge >= 0.3 is 0 Å². The van der Waals surface area contributed by atoms with Crippen molar-refractivity contribution in [2.45, 2.75) is 0 Å². The third-order valence-corrected chi connectivity index (χ3v) is 14.9. The highest BCUT2D eigenvalue weighted by Crippen LogP contribution is 2.66. The lowest BCUT2D eigenvalue weighted by molar-refractivity contribution is 1.36. The normalized spacial score (nSPS) is 15.0. The SMILES string of the molecule is c1cc2cc(C3=C(c4ccc5cnccc5c4)SC(=C4SC(c5ccc6cnccc6c5)=C(c5ccc6cnccc6c5)S4)S3)ccc2cn1. The molecule has 50 heavy (non-hydrogen) atoms. The van der Waals surface area contributed by atoms with Crippen LogP contribution < -0.4 is 0 Å². The minimum absolute atomic E-state index is 1.14. The molecule has 4 nitrogen and oxygen atoms in total. The fourth-order valence-corrected chi connectivity index (χ4v) is 12.2. The van der Waals surface area contributed by atoms with E-state index >= 15 is 0 Å². The first-order valence-corrected chi connectivity index (χ1v) is 19.3. The van der Waals surface area contributed by atoms with Gasteiger partial charge in [0.15, 0.2) is 0 Å². The van der Waals surface area contributed by atoms with E-state index in [1.807, 2.05) is 96.6 Å². The van der Waals surface area contributed by atoms with E-state index in [4.69, 9.17) is 0 Å². The molecule has 0 N–H and O–H groups in total. The minimum atomic E-state index is 1.14. The maximum absolute atomic E-state index is 4.34. The second-order valence-electron chi connectivity index (χ2n) is 12.1. The zero-order valence-corrected chi connectivity index (χ0v) is 29.5. The van der Waals surface area contributed by atoms with Crippen molar-refractivity contribution in [2.24, 2.45) is 0 Å². The Labute approximate surface area is 305 Å². The maximum Gasteiger partial charge on any atom is 0.0707 e. The van der Waals surface area contributed by atoms with E-state index in [1.165, 1.54) is 71.9 Å². The summed E-state index contributed by atoms with van der Waals surface area (Å²) in [6.45, 7) is 0. The zero-order chi connectivity index (χ0) is 33.0. The largest absolute Gasteiger partial charge is 0.264 e. The number of nitrogens with zero attached hydrogens (tertiary/aromatic N) is 4. The van der Waals surface area contributed by atoms with Crippen LogP contribution in [-0.4, -0.2) is 19.9 Å². The minimum Gasteiger partial charge on any atom is -0.264 e. The number of aromatic nitrogens is 4. The lowest BCUT2D eigenvalue weighted by atomic mass is 10.1. The monoisotopic (exact) mass is 712 g/mol. The van der Waals surface area contributed by atoms with Crippen molar-refractivity contribution in [3.8, 4) is 0 Å². The third-order valence-electron chi connectivity index (χ3n) is 8.97. The van der Waals surface area contributed by atoms with Gasteiger partial charge in [-0.05, 0) is 92.3 Å². The first-order valence-electron chi connectivity index (χ1n) is 16.0. The van der Waals surface area contributed by atoms with Crippen molar-refractivity contribution in [1.29, 1.82) is 0 Å². The van der Waals surface area contributed by atoms with Crippen molar-refractivity contribution in [2.75, 3.05) is 0 Å². The smallest absolute Gasteiger partial charge is 0.0707 e. The van der Waals surface area contributed by atoms with Crippen molar-refractivity contribution in [3.63, 3.8) is 0 Å². The van der Waals surface area contributed by atoms with Crippen LogP contribution in [0.2, 0.25) is 0 Å². The second-order valence-corrected chi connectivity index (χ2v) is 16.6. The van der Waals surface area contributed by atoms with E-state index in [0.29, 0.717) is 0 Å². The number of hydrogen-bond donors (Lipinski definition) is 0. The third kappa shape index (κ3) is 5.40. The Morgan fingerprint density at radius 3 is 0.800 bits per heavy atom. The fraction of sp³-hybridized carbons (Fsp3) is 0. The van der Waals surface area contributed by atoms with Gasteiger partial charge in [-0.25, -0.2) is 0 Å². The molecule has 0 bridgehead atoms. The van der Waals surface area contributed by atoms with Gasteiger partial charge in [0.25, 0.3) is 0 Å². The summed E-state index contributed by atoms with van der Waals surface area (Å²) in [6.07, 6.45) is 15.2. The molecule has 0 aliphatic carbocycles. The van der Waals surface area contributed by atoms with Crippen LogP contribution in [0.1, 0.15) is 22.3 Å². The summed E-state index contributed by atoms with van der Waals surface area (Å²) in [5, 5.41) is 9.33. The Hall–Kier alpha value is -4.86. The molecule has 0 fully saturated rings. The second kappa shape index (κ2) is 12.5. The molecule has 0 spiro atoms. The van der Waals surface area contributed by atoms with Gasteiger partial charge in [-0.15, -0.1) is 0 Å². The highest BCUT2D eigenvalue weighted by atomic mass is 32.2. The molecule has 0 unspecified atom stereocenters. The van der Waals surface area contributed by atoms with Gasteiger partial charge in [0.2, 0.25) is 0 Å². The molecule has 236 valence electrons. The Morgan fingerprint density at radius 1 is 0.280 bits per heavy atom. The molecule has 0 saturated heterocycles. The fourth-order valence-electron chi connectivity index (χ4n) is 6.42. The summed E-state index contributed by atoms with van der Waals surface area (Å²) >= 11 is 7.55. The summed E-state index contributed by atoms with van der Waals surface area (Å²) in [5.74, 6) is 0. The molecule has 0 radical (unpaired) electrons. The molecule has 0 atom stereocenters. The van der Waals surface area contributed by atoms with Gasteiger partial charge < -0.3 is 0 Å². The average molecular weight is 713 g/mol. The highest BCUT2D eigenvalue weighted by molar-refractivity contribution is 8.39. The molecule has 10 rings (SSSR count). The van der Waals surface area contributed by atoms with E-state index in [9.17, 15) is 0 Å². The lowest BCUT2D eigenvalue weighted by Gasteiger charge is -2.08. The van der Waals surface area contributed by atoms with E-state index in [1.54, 1.807) is 0 Å². The topological polar surface area (TPSA) is 51.6 Å². The lowest BCUT2D eigenvalue weighted by Crippen LogP contribution is -1.85. The van der Waals surface area contributed by atoms with Crippen molar-refractivity contribution in [3.05, 3.63) is 177 Å². The van der Waals surface area contributed by atoms with Gasteiger partial charge in [0.1, 0.15) is 0 Å². The Kier molecular flexibility index (Phi) is 7.49. The Morgan fingerprint density at radius 2 is 0.540 bits per heavy atom. The summed E-state index contributed by atoms with van der Waals surface area (Å²) in [4.78, 5) is 22.5. The van der Waals surface area contributed by atoms with Crippen LogP contribution in [0.25, 0.3) is 62.7 Å². The van der Waals surface area contributed by atoms with E-state index in [-0.39, 0.29) is 0 Å². The van der Waals surface area contributed by atoms with Crippen molar-refractivity contribution < 1.29 is 0 Å². The molecule has 8 aromatic rings. The van der Waals surface area contributed by atoms with Gasteiger partial charge in [0, 0.05) is 90.7 Å². The summed E-state index contributed by atoms with van der Waals surface area (Å²) in [6, 6.07) is 35.3. The molecule has 4 aromatic heterocycles. The van der Waals surface area contributed by atoms with Gasteiger partial charge in [0.05, 0.1) is 8.47 Å². The van der Waals surface area contributed by atoms with Crippen LogP contribution in [0, 0.1) is 0 Å². The predicted octanol–water partition coefficient (Wildman–Crippen LogP) is 12.3. The average Bonchev–Trinajstić information content (AvgIpc) is 3.83. The van der Waals surface area contributed by atoms with E-state index < -0.39 is 0 Å². The predicted molar refractivity (Wildman–Crippen MR) is 218 cm³/mol. The quantitative estimate of drug-likeness (QED) is 0.179. The maximum atomic E-state index is 4.34. The summed E-state index contributed by atoms with van der Waals surface area (Å²) in [5.41, 5.74) is 4.87. The Bertz CT molecular complexity index is 2410. The number of rotatable bonds is 4. The standard InChI is InChI=1S/C42H24N4S4/c1-5-33-21-43-13-9-25(33)17-29(1)37-38(30-2-6-34-22-44-14-10-26(34)18-30)48-41(47-37)42-49-39(31-3-7-35-23-45-15-11-27(35)19-31)40(50-42)32-4-8-36-24-46-16-12-28(36)20-32/h1-24H. The molecule has 2 aliphatic rings. The molecular weight excluding hydrogens is 689 g/mol. The number of hydrogen-bond acceptors (Lipinski definition) is 8. The Balaban J connectivity index is 1.11. The van der Waals surface area contributed by atoms with E-state index in [2.05, 4.69) is 117 Å². The molecule has 4 aromatic carbocycles. The van der Waals surface area contributed by atoms with Gasteiger partial charge in [-0.2, -0.15) is 0 Å². The number of thioether (sulfide) groups is 4. The molecule has 8 heteroatoms. The van der Waals surface area contributed by atoms with Crippen LogP contribution in [-0.2, 0) is 0 Å². The van der Waals surface area contributed by atoms with Crippen LogP contribution in [0.15, 0.2) is 155 Å². The number of fused-ring (bicyclic) bond motifs is 4. The first-order chi connectivity index (χ1) is 24.7. The molecule has 6 heterocycles. The van der Waals surface area contributed by atoms with Gasteiger partial charge in [-0.3, -0.25) is 19.9 Å². The van der Waals surface area contributed by atoms with Crippen LogP contribution in [0.5, 0.6) is 0 Å². The first kappa shape index (κ1) is 30.0. The van der Waals surface area contributed by atoms with Crippen molar-refractivity contribution >= 4 is 110 Å². The molecule has 0 amide bonds. The summed E-state index contributed by atoms with van der Waals surface area (Å²) in [7, 11) is 0. The van der Waals surface area contributed by atoms with Gasteiger partial charge in [-0.1, -0.05) is 95.6 Å². The highest BCUT2D eigenvalue weighted by Gasteiger charge is 2.32. The number of benzene rings is 4.